The van der Waals surface area contributed by atoms with Gasteiger partial charge in [0, 0.05) is 9.35 Å². The molecule has 0 aliphatic carbocycles. The summed E-state index contributed by atoms with van der Waals surface area (Å²) >= 11 is 10.7. The van der Waals surface area contributed by atoms with E-state index in [1.54, 1.807) is 12.1 Å². The molecule has 1 atom stereocenters. The van der Waals surface area contributed by atoms with Crippen LogP contribution in [0.4, 0.5) is 10.1 Å². The molecule has 1 aromatic carbocycles. The minimum absolute atomic E-state index is 0.0244. The molecule has 0 saturated heterocycles. The fourth-order valence-electron chi connectivity index (χ4n) is 1.47. The van der Waals surface area contributed by atoms with E-state index in [4.69, 9.17) is 11.6 Å². The Morgan fingerprint density at radius 1 is 1.35 bits per heavy atom. The van der Waals surface area contributed by atoms with Crippen molar-refractivity contribution in [2.45, 2.75) is 13.0 Å². The molecular formula is C12H10BrClFNS. The third-order valence-electron chi connectivity index (χ3n) is 2.32. The monoisotopic (exact) mass is 333 g/mol. The Labute approximate surface area is 117 Å². The predicted octanol–water partition coefficient (Wildman–Crippen LogP) is 5.48. The van der Waals surface area contributed by atoms with Crippen LogP contribution in [0.2, 0.25) is 4.34 Å². The lowest BCUT2D eigenvalue weighted by molar-refractivity contribution is 0.627. The van der Waals surface area contributed by atoms with Crippen molar-refractivity contribution in [1.29, 1.82) is 0 Å². The van der Waals surface area contributed by atoms with Crippen molar-refractivity contribution in [3.63, 3.8) is 0 Å². The van der Waals surface area contributed by atoms with Crippen molar-refractivity contribution >= 4 is 44.6 Å². The van der Waals surface area contributed by atoms with Crippen LogP contribution >= 0.6 is 38.9 Å². The fourth-order valence-corrected chi connectivity index (χ4v) is 2.90. The Morgan fingerprint density at radius 3 is 2.76 bits per heavy atom. The van der Waals surface area contributed by atoms with Gasteiger partial charge in [0.15, 0.2) is 0 Å². The Hall–Kier alpha value is -0.580. The highest BCUT2D eigenvalue weighted by atomic mass is 79.9. The quantitative estimate of drug-likeness (QED) is 0.784. The van der Waals surface area contributed by atoms with Crippen LogP contribution in [-0.4, -0.2) is 0 Å². The van der Waals surface area contributed by atoms with Gasteiger partial charge in [-0.05, 0) is 37.3 Å². The van der Waals surface area contributed by atoms with Gasteiger partial charge in [-0.25, -0.2) is 4.39 Å². The van der Waals surface area contributed by atoms with Gasteiger partial charge in [0.05, 0.1) is 16.1 Å². The molecule has 0 bridgehead atoms. The summed E-state index contributed by atoms with van der Waals surface area (Å²) in [5.41, 5.74) is 0.483. The van der Waals surface area contributed by atoms with Crippen LogP contribution in [0, 0.1) is 5.82 Å². The van der Waals surface area contributed by atoms with E-state index in [0.717, 1.165) is 13.7 Å². The molecule has 0 aliphatic rings. The van der Waals surface area contributed by atoms with Crippen molar-refractivity contribution in [3.8, 4) is 0 Å². The van der Waals surface area contributed by atoms with Gasteiger partial charge in [-0.2, -0.15) is 0 Å². The first kappa shape index (κ1) is 12.9. The molecule has 1 aromatic heterocycles. The Kier molecular flexibility index (Phi) is 4.07. The molecule has 17 heavy (non-hydrogen) atoms. The maximum Gasteiger partial charge on any atom is 0.146 e. The molecule has 1 heterocycles. The summed E-state index contributed by atoms with van der Waals surface area (Å²) in [7, 11) is 0. The molecule has 0 fully saturated rings. The van der Waals surface area contributed by atoms with Gasteiger partial charge in [0.2, 0.25) is 0 Å². The van der Waals surface area contributed by atoms with Gasteiger partial charge in [0.1, 0.15) is 5.82 Å². The molecule has 0 spiro atoms. The van der Waals surface area contributed by atoms with E-state index in [1.807, 2.05) is 19.1 Å². The number of anilines is 1. The van der Waals surface area contributed by atoms with Crippen LogP contribution in [0.5, 0.6) is 0 Å². The largest absolute Gasteiger partial charge is 0.375 e. The number of rotatable bonds is 3. The van der Waals surface area contributed by atoms with Crippen LogP contribution in [0.15, 0.2) is 34.8 Å². The number of hydrogen-bond donors (Lipinski definition) is 1. The minimum atomic E-state index is -0.261. The number of thiophene rings is 1. The Morgan fingerprint density at radius 2 is 2.12 bits per heavy atom. The maximum absolute atomic E-state index is 13.5. The number of nitrogens with one attached hydrogen (secondary N) is 1. The number of hydrogen-bond acceptors (Lipinski definition) is 2. The van der Waals surface area contributed by atoms with Crippen LogP contribution in [0.3, 0.4) is 0 Å². The summed E-state index contributed by atoms with van der Waals surface area (Å²) in [5, 5.41) is 3.13. The highest BCUT2D eigenvalue weighted by Crippen LogP contribution is 2.30. The molecule has 0 aliphatic heterocycles. The lowest BCUT2D eigenvalue weighted by Gasteiger charge is -2.14. The summed E-state index contributed by atoms with van der Waals surface area (Å²) in [5.74, 6) is -0.261. The zero-order valence-corrected chi connectivity index (χ0v) is 12.2. The minimum Gasteiger partial charge on any atom is -0.375 e. The van der Waals surface area contributed by atoms with Crippen molar-refractivity contribution in [2.75, 3.05) is 5.32 Å². The first-order chi connectivity index (χ1) is 8.06. The molecule has 0 saturated carbocycles. The first-order valence-corrected chi connectivity index (χ1v) is 7.02. The predicted molar refractivity (Wildman–Crippen MR) is 75.5 cm³/mol. The van der Waals surface area contributed by atoms with Gasteiger partial charge < -0.3 is 5.32 Å². The normalized spacial score (nSPS) is 12.5. The van der Waals surface area contributed by atoms with Gasteiger partial charge in [-0.1, -0.05) is 27.5 Å². The molecule has 0 amide bonds. The second kappa shape index (κ2) is 5.38. The molecule has 1 nitrogen and oxygen atoms in total. The topological polar surface area (TPSA) is 12.0 Å². The second-order valence-corrected chi connectivity index (χ2v) is 6.29. The van der Waals surface area contributed by atoms with Gasteiger partial charge in [-0.15, -0.1) is 11.3 Å². The average Bonchev–Trinajstić information content (AvgIpc) is 2.70. The summed E-state index contributed by atoms with van der Waals surface area (Å²) in [4.78, 5) is 1.08. The van der Waals surface area contributed by atoms with E-state index in [-0.39, 0.29) is 11.9 Å². The number of benzene rings is 1. The standard InChI is InChI=1S/C12H10BrClFNS/c1-7(11-4-5-12(14)17-11)16-10-6-8(13)2-3-9(10)15/h2-7,16H,1H3. The molecule has 5 heteroatoms. The average molecular weight is 335 g/mol. The highest BCUT2D eigenvalue weighted by molar-refractivity contribution is 9.10. The zero-order chi connectivity index (χ0) is 12.4. The molecule has 1 unspecified atom stereocenters. The molecule has 1 N–H and O–H groups in total. The third-order valence-corrected chi connectivity index (χ3v) is 4.23. The maximum atomic E-state index is 13.5. The lowest BCUT2D eigenvalue weighted by Crippen LogP contribution is -2.06. The number of halogens is 3. The molecule has 2 rings (SSSR count). The third kappa shape index (κ3) is 3.21. The summed E-state index contributed by atoms with van der Waals surface area (Å²) in [6.07, 6.45) is 0. The molecule has 0 radical (unpaired) electrons. The van der Waals surface area contributed by atoms with Crippen LogP contribution < -0.4 is 5.32 Å². The first-order valence-electron chi connectivity index (χ1n) is 5.03. The van der Waals surface area contributed by atoms with Crippen molar-refractivity contribution in [3.05, 3.63) is 49.8 Å². The van der Waals surface area contributed by atoms with Crippen molar-refractivity contribution in [2.24, 2.45) is 0 Å². The van der Waals surface area contributed by atoms with Gasteiger partial charge in [-0.3, -0.25) is 0 Å². The zero-order valence-electron chi connectivity index (χ0n) is 9.01. The summed E-state index contributed by atoms with van der Waals surface area (Å²) < 4.78 is 15.1. The van der Waals surface area contributed by atoms with E-state index < -0.39 is 0 Å². The van der Waals surface area contributed by atoms with E-state index in [9.17, 15) is 4.39 Å². The second-order valence-electron chi connectivity index (χ2n) is 3.63. The molecule has 90 valence electrons. The SMILES string of the molecule is CC(Nc1cc(Br)ccc1F)c1ccc(Cl)s1. The fraction of sp³-hybridized carbons (Fsp3) is 0.167. The highest BCUT2D eigenvalue weighted by Gasteiger charge is 2.10. The van der Waals surface area contributed by atoms with E-state index in [0.29, 0.717) is 5.69 Å². The van der Waals surface area contributed by atoms with Crippen LogP contribution in [0.25, 0.3) is 0 Å². The lowest BCUT2D eigenvalue weighted by atomic mass is 10.2. The van der Waals surface area contributed by atoms with Crippen molar-refractivity contribution < 1.29 is 4.39 Å². The van der Waals surface area contributed by atoms with Crippen LogP contribution in [0.1, 0.15) is 17.8 Å². The molecule has 2 aromatic rings. The van der Waals surface area contributed by atoms with Gasteiger partial charge in [0.25, 0.3) is 0 Å². The molecular weight excluding hydrogens is 325 g/mol. The van der Waals surface area contributed by atoms with E-state index >= 15 is 0 Å². The Bertz CT molecular complexity index is 529. The smallest absolute Gasteiger partial charge is 0.146 e. The van der Waals surface area contributed by atoms with Crippen molar-refractivity contribution in [1.82, 2.24) is 0 Å². The van der Waals surface area contributed by atoms with E-state index in [2.05, 4.69) is 21.2 Å². The van der Waals surface area contributed by atoms with E-state index in [1.165, 1.54) is 17.4 Å². The van der Waals surface area contributed by atoms with Crippen LogP contribution in [-0.2, 0) is 0 Å². The Balaban J connectivity index is 2.18. The van der Waals surface area contributed by atoms with Gasteiger partial charge >= 0.3 is 0 Å². The summed E-state index contributed by atoms with van der Waals surface area (Å²) in [6, 6.07) is 8.64. The summed E-state index contributed by atoms with van der Waals surface area (Å²) in [6.45, 7) is 1.97.